The number of anilines is 1. The van der Waals surface area contributed by atoms with E-state index in [-0.39, 0.29) is 5.91 Å². The minimum Gasteiger partial charge on any atom is -0.378 e. The number of benzene rings is 2. The lowest BCUT2D eigenvalue weighted by Crippen LogP contribution is -2.23. The van der Waals surface area contributed by atoms with Crippen LogP contribution in [0.1, 0.15) is 26.3 Å². The van der Waals surface area contributed by atoms with E-state index in [0.717, 1.165) is 11.3 Å². The molecule has 5 heteroatoms. The number of hydrogen-bond donors (Lipinski definition) is 2. The molecule has 0 aliphatic carbocycles. The first kappa shape index (κ1) is 15.6. The van der Waals surface area contributed by atoms with Gasteiger partial charge in [0.2, 0.25) is 5.91 Å². The van der Waals surface area contributed by atoms with Crippen LogP contribution in [-0.2, 0) is 6.54 Å². The molecule has 0 atom stereocenters. The standard InChI is InChI=1S/C17H19N3O2/c1-20(2)15-8-4-7-14(10-15)17(22)19-11-12-5-3-6-13(9-12)16(18)21/h3-10H,11H2,1-2H3,(H2,18,21)(H,19,22). The summed E-state index contributed by atoms with van der Waals surface area (Å²) in [5.41, 5.74) is 8.06. The first-order valence-corrected chi connectivity index (χ1v) is 6.91. The van der Waals surface area contributed by atoms with Gasteiger partial charge in [-0.3, -0.25) is 9.59 Å². The maximum absolute atomic E-state index is 12.2. The minimum atomic E-state index is -0.480. The number of carbonyl (C=O) groups is 2. The van der Waals surface area contributed by atoms with Crippen molar-refractivity contribution >= 4 is 17.5 Å². The summed E-state index contributed by atoms with van der Waals surface area (Å²) >= 11 is 0. The predicted octanol–water partition coefficient (Wildman–Crippen LogP) is 1.78. The Bertz CT molecular complexity index is 696. The van der Waals surface area contributed by atoms with E-state index < -0.39 is 5.91 Å². The van der Waals surface area contributed by atoms with Crippen molar-refractivity contribution in [1.29, 1.82) is 0 Å². The summed E-state index contributed by atoms with van der Waals surface area (Å²) in [4.78, 5) is 25.3. The van der Waals surface area contributed by atoms with Crippen LogP contribution in [0, 0.1) is 0 Å². The van der Waals surface area contributed by atoms with E-state index in [9.17, 15) is 9.59 Å². The Balaban J connectivity index is 2.05. The molecule has 0 aliphatic rings. The Hall–Kier alpha value is -2.82. The summed E-state index contributed by atoms with van der Waals surface area (Å²) in [5.74, 6) is -0.639. The summed E-state index contributed by atoms with van der Waals surface area (Å²) < 4.78 is 0. The molecule has 0 radical (unpaired) electrons. The third kappa shape index (κ3) is 3.85. The van der Waals surface area contributed by atoms with Gasteiger partial charge in [-0.25, -0.2) is 0 Å². The van der Waals surface area contributed by atoms with E-state index in [4.69, 9.17) is 5.73 Å². The van der Waals surface area contributed by atoms with Gasteiger partial charge in [0.1, 0.15) is 0 Å². The maximum Gasteiger partial charge on any atom is 0.251 e. The number of hydrogen-bond acceptors (Lipinski definition) is 3. The van der Waals surface area contributed by atoms with Crippen LogP contribution < -0.4 is 16.0 Å². The summed E-state index contributed by atoms with van der Waals surface area (Å²) in [6.07, 6.45) is 0. The van der Waals surface area contributed by atoms with Crippen molar-refractivity contribution in [3.63, 3.8) is 0 Å². The van der Waals surface area contributed by atoms with Gasteiger partial charge in [0.25, 0.3) is 5.91 Å². The fraction of sp³-hybridized carbons (Fsp3) is 0.176. The fourth-order valence-corrected chi connectivity index (χ4v) is 2.04. The van der Waals surface area contributed by atoms with Crippen LogP contribution in [0.5, 0.6) is 0 Å². The van der Waals surface area contributed by atoms with Crippen molar-refractivity contribution < 1.29 is 9.59 Å². The Morgan fingerprint density at radius 2 is 1.73 bits per heavy atom. The van der Waals surface area contributed by atoms with Gasteiger partial charge in [-0.15, -0.1) is 0 Å². The van der Waals surface area contributed by atoms with Gasteiger partial charge in [-0.1, -0.05) is 18.2 Å². The lowest BCUT2D eigenvalue weighted by atomic mass is 10.1. The zero-order chi connectivity index (χ0) is 16.1. The van der Waals surface area contributed by atoms with Gasteiger partial charge in [0.05, 0.1) is 0 Å². The molecule has 2 amide bonds. The zero-order valence-electron chi connectivity index (χ0n) is 12.7. The van der Waals surface area contributed by atoms with E-state index in [1.807, 2.05) is 43.3 Å². The molecule has 0 aliphatic heterocycles. The van der Waals surface area contributed by atoms with Crippen LogP contribution in [0.4, 0.5) is 5.69 Å². The van der Waals surface area contributed by atoms with Gasteiger partial charge in [0, 0.05) is 37.5 Å². The molecule has 5 nitrogen and oxygen atoms in total. The molecule has 3 N–H and O–H groups in total. The Labute approximate surface area is 129 Å². The normalized spacial score (nSPS) is 10.1. The van der Waals surface area contributed by atoms with Crippen molar-refractivity contribution in [3.05, 3.63) is 65.2 Å². The molecule has 0 fully saturated rings. The van der Waals surface area contributed by atoms with Crippen molar-refractivity contribution in [2.45, 2.75) is 6.54 Å². The Kier molecular flexibility index (Phi) is 4.78. The molecule has 0 bridgehead atoms. The third-order valence-electron chi connectivity index (χ3n) is 3.29. The number of amides is 2. The average molecular weight is 297 g/mol. The van der Waals surface area contributed by atoms with Crippen molar-refractivity contribution in [2.75, 3.05) is 19.0 Å². The molecule has 0 heterocycles. The molecule has 2 aromatic carbocycles. The van der Waals surface area contributed by atoms with Crippen molar-refractivity contribution in [2.24, 2.45) is 5.73 Å². The molecule has 2 aromatic rings. The first-order valence-electron chi connectivity index (χ1n) is 6.91. The van der Waals surface area contributed by atoms with E-state index in [2.05, 4.69) is 5.32 Å². The van der Waals surface area contributed by atoms with Gasteiger partial charge in [0.15, 0.2) is 0 Å². The molecule has 0 unspecified atom stereocenters. The fourth-order valence-electron chi connectivity index (χ4n) is 2.04. The smallest absolute Gasteiger partial charge is 0.251 e. The van der Waals surface area contributed by atoms with Crippen molar-refractivity contribution in [1.82, 2.24) is 5.32 Å². The second-order valence-electron chi connectivity index (χ2n) is 5.19. The SMILES string of the molecule is CN(C)c1cccc(C(=O)NCc2cccc(C(N)=O)c2)c1. The van der Waals surface area contributed by atoms with Crippen LogP contribution in [0.25, 0.3) is 0 Å². The van der Waals surface area contributed by atoms with Crippen LogP contribution in [0.3, 0.4) is 0 Å². The van der Waals surface area contributed by atoms with E-state index >= 15 is 0 Å². The number of primary amides is 1. The quantitative estimate of drug-likeness (QED) is 0.883. The lowest BCUT2D eigenvalue weighted by Gasteiger charge is -2.13. The second-order valence-corrected chi connectivity index (χ2v) is 5.19. The number of rotatable bonds is 5. The molecule has 0 aromatic heterocycles. The number of nitrogens with zero attached hydrogens (tertiary/aromatic N) is 1. The highest BCUT2D eigenvalue weighted by Crippen LogP contribution is 2.13. The van der Waals surface area contributed by atoms with Crippen molar-refractivity contribution in [3.8, 4) is 0 Å². The molecule has 0 spiro atoms. The van der Waals surface area contributed by atoms with Gasteiger partial charge >= 0.3 is 0 Å². The maximum atomic E-state index is 12.2. The van der Waals surface area contributed by atoms with Crippen LogP contribution in [0.15, 0.2) is 48.5 Å². The second kappa shape index (κ2) is 6.76. The highest BCUT2D eigenvalue weighted by Gasteiger charge is 2.07. The number of carbonyl (C=O) groups excluding carboxylic acids is 2. The molecule has 22 heavy (non-hydrogen) atoms. The molecule has 0 saturated heterocycles. The molecular formula is C17H19N3O2. The van der Waals surface area contributed by atoms with E-state index in [1.54, 1.807) is 24.3 Å². The summed E-state index contributed by atoms with van der Waals surface area (Å²) in [6.45, 7) is 0.339. The highest BCUT2D eigenvalue weighted by molar-refractivity contribution is 5.95. The zero-order valence-corrected chi connectivity index (χ0v) is 12.7. The molecule has 2 rings (SSSR count). The predicted molar refractivity (Wildman–Crippen MR) is 86.9 cm³/mol. The molecule has 0 saturated carbocycles. The van der Waals surface area contributed by atoms with Crippen LogP contribution in [0.2, 0.25) is 0 Å². The van der Waals surface area contributed by atoms with E-state index in [1.165, 1.54) is 0 Å². The Morgan fingerprint density at radius 1 is 1.05 bits per heavy atom. The number of nitrogens with one attached hydrogen (secondary N) is 1. The Morgan fingerprint density at radius 3 is 2.41 bits per heavy atom. The van der Waals surface area contributed by atoms with Crippen LogP contribution >= 0.6 is 0 Å². The average Bonchev–Trinajstić information content (AvgIpc) is 2.53. The monoisotopic (exact) mass is 297 g/mol. The first-order chi connectivity index (χ1) is 10.5. The highest BCUT2D eigenvalue weighted by atomic mass is 16.2. The minimum absolute atomic E-state index is 0.159. The molecular weight excluding hydrogens is 278 g/mol. The van der Waals surface area contributed by atoms with Gasteiger partial charge in [-0.05, 0) is 35.9 Å². The largest absolute Gasteiger partial charge is 0.378 e. The summed E-state index contributed by atoms with van der Waals surface area (Å²) in [6, 6.07) is 14.3. The summed E-state index contributed by atoms with van der Waals surface area (Å²) in [5, 5.41) is 2.84. The van der Waals surface area contributed by atoms with E-state index in [0.29, 0.717) is 17.7 Å². The topological polar surface area (TPSA) is 75.4 Å². The third-order valence-corrected chi connectivity index (χ3v) is 3.29. The van der Waals surface area contributed by atoms with Crippen LogP contribution in [-0.4, -0.2) is 25.9 Å². The summed E-state index contributed by atoms with van der Waals surface area (Å²) in [7, 11) is 3.85. The van der Waals surface area contributed by atoms with Gasteiger partial charge in [-0.2, -0.15) is 0 Å². The molecule has 114 valence electrons. The number of nitrogens with two attached hydrogens (primary N) is 1. The lowest BCUT2D eigenvalue weighted by molar-refractivity contribution is 0.0950. The van der Waals surface area contributed by atoms with Gasteiger partial charge < -0.3 is 16.0 Å².